The molecule has 8 heteroatoms. The number of benzene rings is 2. The second-order valence-electron chi connectivity index (χ2n) is 6.41. The predicted molar refractivity (Wildman–Crippen MR) is 118 cm³/mol. The number of nitrogens with one attached hydrogen (secondary N) is 1. The molecule has 0 aliphatic heterocycles. The van der Waals surface area contributed by atoms with Crippen LogP contribution in [0.4, 0.5) is 10.8 Å². The van der Waals surface area contributed by atoms with E-state index < -0.39 is 18.0 Å². The first kappa shape index (κ1) is 21.3. The Morgan fingerprint density at radius 2 is 1.80 bits per heavy atom. The van der Waals surface area contributed by atoms with Crippen molar-refractivity contribution in [3.63, 3.8) is 0 Å². The third-order valence-corrected chi connectivity index (χ3v) is 5.01. The molecule has 1 amide bonds. The summed E-state index contributed by atoms with van der Waals surface area (Å²) in [4.78, 5) is 29.3. The number of esters is 1. The van der Waals surface area contributed by atoms with Crippen LogP contribution in [-0.2, 0) is 9.53 Å². The van der Waals surface area contributed by atoms with Gasteiger partial charge in [-0.25, -0.2) is 9.78 Å². The van der Waals surface area contributed by atoms with Crippen LogP contribution in [0.3, 0.4) is 0 Å². The van der Waals surface area contributed by atoms with E-state index >= 15 is 0 Å². The number of hydrogen-bond donors (Lipinski definition) is 2. The molecule has 1 aromatic heterocycles. The van der Waals surface area contributed by atoms with Crippen molar-refractivity contribution in [2.45, 2.75) is 26.4 Å². The molecule has 0 aliphatic carbocycles. The molecule has 0 bridgehead atoms. The van der Waals surface area contributed by atoms with Gasteiger partial charge in [-0.15, -0.1) is 11.3 Å². The molecule has 3 N–H and O–H groups in total. The summed E-state index contributed by atoms with van der Waals surface area (Å²) < 4.78 is 10.8. The monoisotopic (exact) mass is 425 g/mol. The number of amides is 1. The zero-order chi connectivity index (χ0) is 21.5. The van der Waals surface area contributed by atoms with Crippen LogP contribution in [0.2, 0.25) is 0 Å². The number of nitrogen functional groups attached to an aromatic ring is 1. The van der Waals surface area contributed by atoms with Crippen molar-refractivity contribution in [2.75, 3.05) is 17.7 Å². The van der Waals surface area contributed by atoms with Crippen molar-refractivity contribution in [2.24, 2.45) is 0 Å². The predicted octanol–water partition coefficient (Wildman–Crippen LogP) is 4.37. The minimum Gasteiger partial charge on any atom is -0.494 e. The summed E-state index contributed by atoms with van der Waals surface area (Å²) in [6.45, 7) is 4.31. The minimum absolute atomic E-state index is 0.336. The number of anilines is 2. The Hall–Kier alpha value is -3.39. The molecule has 0 saturated carbocycles. The van der Waals surface area contributed by atoms with Gasteiger partial charge in [0.15, 0.2) is 11.2 Å². The highest BCUT2D eigenvalue weighted by molar-refractivity contribution is 7.14. The first-order chi connectivity index (χ1) is 14.5. The number of hydrogen-bond acceptors (Lipinski definition) is 7. The van der Waals surface area contributed by atoms with E-state index in [4.69, 9.17) is 15.2 Å². The Kier molecular flexibility index (Phi) is 7.03. The van der Waals surface area contributed by atoms with Crippen molar-refractivity contribution >= 4 is 34.0 Å². The van der Waals surface area contributed by atoms with Gasteiger partial charge in [-0.3, -0.25) is 10.1 Å². The van der Waals surface area contributed by atoms with Gasteiger partial charge in [0.2, 0.25) is 0 Å². The maximum absolute atomic E-state index is 12.6. The molecule has 1 unspecified atom stereocenters. The maximum Gasteiger partial charge on any atom is 0.338 e. The van der Waals surface area contributed by atoms with E-state index in [9.17, 15) is 9.59 Å². The topological polar surface area (TPSA) is 104 Å². The molecule has 30 heavy (non-hydrogen) atoms. The summed E-state index contributed by atoms with van der Waals surface area (Å²) in [5, 5.41) is 5.02. The maximum atomic E-state index is 12.6. The average Bonchev–Trinajstić information content (AvgIpc) is 3.21. The van der Waals surface area contributed by atoms with Gasteiger partial charge in [0.25, 0.3) is 5.91 Å². The molecule has 3 aromatic rings. The van der Waals surface area contributed by atoms with E-state index in [1.54, 1.807) is 31.2 Å². The van der Waals surface area contributed by atoms with Crippen molar-refractivity contribution in [3.05, 3.63) is 59.5 Å². The highest BCUT2D eigenvalue weighted by Gasteiger charge is 2.23. The zero-order valence-corrected chi connectivity index (χ0v) is 17.6. The molecule has 2 aromatic carbocycles. The summed E-state index contributed by atoms with van der Waals surface area (Å²) in [6, 6.07) is 13.9. The lowest BCUT2D eigenvalue weighted by atomic mass is 10.2. The number of ether oxygens (including phenoxy) is 2. The van der Waals surface area contributed by atoms with Crippen LogP contribution in [0, 0.1) is 0 Å². The van der Waals surface area contributed by atoms with Gasteiger partial charge in [-0.05, 0) is 61.9 Å². The molecular formula is C22H23N3O4S. The van der Waals surface area contributed by atoms with Crippen molar-refractivity contribution < 1.29 is 19.1 Å². The SMILES string of the molecule is CCOc1ccc(-c2csc(NC(=O)C(CC)OC(=O)c3ccc(N)cc3)n2)cc1. The molecule has 0 radical (unpaired) electrons. The molecule has 0 aliphatic rings. The Bertz CT molecular complexity index is 1000. The summed E-state index contributed by atoms with van der Waals surface area (Å²) in [5.41, 5.74) is 8.16. The second-order valence-corrected chi connectivity index (χ2v) is 7.27. The minimum atomic E-state index is -0.923. The first-order valence-electron chi connectivity index (χ1n) is 9.56. The smallest absolute Gasteiger partial charge is 0.338 e. The third-order valence-electron chi connectivity index (χ3n) is 4.25. The fraction of sp³-hybridized carbons (Fsp3) is 0.227. The van der Waals surface area contributed by atoms with E-state index in [0.29, 0.717) is 29.4 Å². The molecular weight excluding hydrogens is 402 g/mol. The fourth-order valence-electron chi connectivity index (χ4n) is 2.68. The molecule has 7 nitrogen and oxygen atoms in total. The summed E-state index contributed by atoms with van der Waals surface area (Å²) in [7, 11) is 0. The molecule has 1 atom stereocenters. The summed E-state index contributed by atoms with van der Waals surface area (Å²) >= 11 is 1.30. The molecule has 156 valence electrons. The standard InChI is InChI=1S/C22H23N3O4S/c1-3-19(29-21(27)15-5-9-16(23)10-6-15)20(26)25-22-24-18(13-30-22)14-7-11-17(12-8-14)28-4-2/h5-13,19H,3-4,23H2,1-2H3,(H,24,25,26). The fourth-order valence-corrected chi connectivity index (χ4v) is 3.40. The highest BCUT2D eigenvalue weighted by Crippen LogP contribution is 2.27. The second kappa shape index (κ2) is 9.89. The number of nitrogens with two attached hydrogens (primary N) is 1. The Balaban J connectivity index is 1.62. The largest absolute Gasteiger partial charge is 0.494 e. The van der Waals surface area contributed by atoms with Crippen molar-refractivity contribution in [1.29, 1.82) is 0 Å². The number of carbonyl (C=O) groups is 2. The molecule has 3 rings (SSSR count). The third kappa shape index (κ3) is 5.36. The number of carbonyl (C=O) groups excluding carboxylic acids is 2. The van der Waals surface area contributed by atoms with E-state index in [-0.39, 0.29) is 0 Å². The van der Waals surface area contributed by atoms with Gasteiger partial charge < -0.3 is 15.2 Å². The van der Waals surface area contributed by atoms with Crippen LogP contribution >= 0.6 is 11.3 Å². The van der Waals surface area contributed by atoms with Crippen LogP contribution in [0.1, 0.15) is 30.6 Å². The van der Waals surface area contributed by atoms with Crippen LogP contribution in [0.25, 0.3) is 11.3 Å². The van der Waals surface area contributed by atoms with Crippen molar-refractivity contribution in [3.8, 4) is 17.0 Å². The lowest BCUT2D eigenvalue weighted by Gasteiger charge is -2.15. The van der Waals surface area contributed by atoms with Gasteiger partial charge in [0.05, 0.1) is 17.9 Å². The normalized spacial score (nSPS) is 11.5. The molecule has 1 heterocycles. The van der Waals surface area contributed by atoms with Gasteiger partial charge in [0, 0.05) is 16.6 Å². The van der Waals surface area contributed by atoms with Gasteiger partial charge in [-0.2, -0.15) is 0 Å². The number of rotatable bonds is 8. The summed E-state index contributed by atoms with van der Waals surface area (Å²) in [6.07, 6.45) is -0.586. The molecule has 0 spiro atoms. The average molecular weight is 426 g/mol. The van der Waals surface area contributed by atoms with Crippen molar-refractivity contribution in [1.82, 2.24) is 4.98 Å². The van der Waals surface area contributed by atoms with Gasteiger partial charge in [-0.1, -0.05) is 6.92 Å². The lowest BCUT2D eigenvalue weighted by molar-refractivity contribution is -0.124. The van der Waals surface area contributed by atoms with E-state index in [2.05, 4.69) is 10.3 Å². The van der Waals surface area contributed by atoms with Crippen LogP contribution in [-0.4, -0.2) is 29.6 Å². The van der Waals surface area contributed by atoms with E-state index in [1.165, 1.54) is 11.3 Å². The Morgan fingerprint density at radius 3 is 2.43 bits per heavy atom. The van der Waals surface area contributed by atoms with Crippen LogP contribution in [0.15, 0.2) is 53.9 Å². The quantitative estimate of drug-likeness (QED) is 0.410. The van der Waals surface area contributed by atoms with Crippen LogP contribution in [0.5, 0.6) is 5.75 Å². The lowest BCUT2D eigenvalue weighted by Crippen LogP contribution is -2.32. The van der Waals surface area contributed by atoms with Gasteiger partial charge >= 0.3 is 5.97 Å². The zero-order valence-electron chi connectivity index (χ0n) is 16.8. The number of thiazole rings is 1. The Morgan fingerprint density at radius 1 is 1.10 bits per heavy atom. The highest BCUT2D eigenvalue weighted by atomic mass is 32.1. The number of nitrogens with zero attached hydrogens (tertiary/aromatic N) is 1. The molecule has 0 saturated heterocycles. The Labute approximate surface area is 178 Å². The van der Waals surface area contributed by atoms with E-state index in [0.717, 1.165) is 17.0 Å². The summed E-state index contributed by atoms with van der Waals surface area (Å²) in [5.74, 6) is -0.209. The van der Waals surface area contributed by atoms with E-state index in [1.807, 2.05) is 36.6 Å². The van der Waals surface area contributed by atoms with Crippen LogP contribution < -0.4 is 15.8 Å². The first-order valence-corrected chi connectivity index (χ1v) is 10.4. The molecule has 0 fully saturated rings. The number of aromatic nitrogens is 1. The van der Waals surface area contributed by atoms with Gasteiger partial charge in [0.1, 0.15) is 5.75 Å².